The van der Waals surface area contributed by atoms with Gasteiger partial charge in [-0.3, -0.25) is 4.79 Å². The maximum absolute atomic E-state index is 11.4. The molecule has 4 heteroatoms. The van der Waals surface area contributed by atoms with Crippen molar-refractivity contribution in [2.45, 2.75) is 13.0 Å². The minimum atomic E-state index is 0.0823. The van der Waals surface area contributed by atoms with Crippen LogP contribution in [-0.2, 0) is 4.79 Å². The Morgan fingerprint density at radius 3 is 2.62 bits per heavy atom. The number of carbonyl (C=O) groups excluding carboxylic acids is 1. The van der Waals surface area contributed by atoms with Gasteiger partial charge in [0.1, 0.15) is 0 Å². The largest absolute Gasteiger partial charge is 0.348 e. The van der Waals surface area contributed by atoms with Crippen LogP contribution in [0.1, 0.15) is 18.5 Å². The SMILES string of the molecule is C[C@H](NCC(=O)N(C)C)c1ccccc1Br. The van der Waals surface area contributed by atoms with Crippen molar-refractivity contribution < 1.29 is 4.79 Å². The van der Waals surface area contributed by atoms with Gasteiger partial charge in [0.05, 0.1) is 6.54 Å². The molecule has 1 atom stereocenters. The van der Waals surface area contributed by atoms with Gasteiger partial charge in [-0.1, -0.05) is 34.1 Å². The lowest BCUT2D eigenvalue weighted by molar-refractivity contribution is -0.127. The van der Waals surface area contributed by atoms with E-state index < -0.39 is 0 Å². The van der Waals surface area contributed by atoms with Crippen molar-refractivity contribution in [2.24, 2.45) is 0 Å². The van der Waals surface area contributed by atoms with Gasteiger partial charge in [-0.15, -0.1) is 0 Å². The zero-order chi connectivity index (χ0) is 12.1. The molecule has 1 amide bonds. The smallest absolute Gasteiger partial charge is 0.236 e. The van der Waals surface area contributed by atoms with Gasteiger partial charge < -0.3 is 10.2 Å². The average Bonchev–Trinajstić information content (AvgIpc) is 2.25. The summed E-state index contributed by atoms with van der Waals surface area (Å²) in [6, 6.07) is 8.17. The number of rotatable bonds is 4. The summed E-state index contributed by atoms with van der Waals surface area (Å²) in [6.07, 6.45) is 0. The van der Waals surface area contributed by atoms with Gasteiger partial charge in [-0.25, -0.2) is 0 Å². The lowest BCUT2D eigenvalue weighted by Gasteiger charge is -2.17. The first-order valence-electron chi connectivity index (χ1n) is 5.20. The summed E-state index contributed by atoms with van der Waals surface area (Å²) in [4.78, 5) is 13.0. The third kappa shape index (κ3) is 3.61. The van der Waals surface area contributed by atoms with Crippen molar-refractivity contribution in [3.8, 4) is 0 Å². The van der Waals surface area contributed by atoms with E-state index >= 15 is 0 Å². The van der Waals surface area contributed by atoms with Gasteiger partial charge in [0.2, 0.25) is 5.91 Å². The molecule has 0 spiro atoms. The van der Waals surface area contributed by atoms with Crippen molar-refractivity contribution in [1.29, 1.82) is 0 Å². The van der Waals surface area contributed by atoms with E-state index in [9.17, 15) is 4.79 Å². The Morgan fingerprint density at radius 1 is 1.44 bits per heavy atom. The zero-order valence-corrected chi connectivity index (χ0v) is 11.4. The first-order valence-corrected chi connectivity index (χ1v) is 5.99. The maximum Gasteiger partial charge on any atom is 0.236 e. The molecule has 0 radical (unpaired) electrons. The normalized spacial score (nSPS) is 12.2. The summed E-state index contributed by atoms with van der Waals surface area (Å²) in [7, 11) is 3.51. The monoisotopic (exact) mass is 284 g/mol. The molecule has 0 aliphatic heterocycles. The number of benzene rings is 1. The van der Waals surface area contributed by atoms with Crippen molar-refractivity contribution in [2.75, 3.05) is 20.6 Å². The molecular weight excluding hydrogens is 268 g/mol. The molecule has 0 fully saturated rings. The number of nitrogens with zero attached hydrogens (tertiary/aromatic N) is 1. The summed E-state index contributed by atoms with van der Waals surface area (Å²) in [5, 5.41) is 3.20. The second-order valence-corrected chi connectivity index (χ2v) is 4.77. The van der Waals surface area contributed by atoms with E-state index in [1.165, 1.54) is 0 Å². The molecular formula is C12H17BrN2O. The number of hydrogen-bond acceptors (Lipinski definition) is 2. The Hall–Kier alpha value is -0.870. The van der Waals surface area contributed by atoms with Gasteiger partial charge in [0, 0.05) is 24.6 Å². The quantitative estimate of drug-likeness (QED) is 0.919. The summed E-state index contributed by atoms with van der Waals surface area (Å²) < 4.78 is 1.06. The van der Waals surface area contributed by atoms with E-state index in [4.69, 9.17) is 0 Å². The fourth-order valence-electron chi connectivity index (χ4n) is 1.33. The predicted octanol–water partition coefficient (Wildman–Crippen LogP) is 2.19. The highest BCUT2D eigenvalue weighted by Gasteiger charge is 2.10. The average molecular weight is 285 g/mol. The number of nitrogens with one attached hydrogen (secondary N) is 1. The molecule has 0 unspecified atom stereocenters. The first-order chi connectivity index (χ1) is 7.52. The van der Waals surface area contributed by atoms with Crippen molar-refractivity contribution in [3.05, 3.63) is 34.3 Å². The highest BCUT2D eigenvalue weighted by molar-refractivity contribution is 9.10. The second-order valence-electron chi connectivity index (χ2n) is 3.91. The molecule has 88 valence electrons. The molecule has 1 rings (SSSR count). The zero-order valence-electron chi connectivity index (χ0n) is 9.83. The highest BCUT2D eigenvalue weighted by atomic mass is 79.9. The fourth-order valence-corrected chi connectivity index (χ4v) is 1.96. The molecule has 16 heavy (non-hydrogen) atoms. The Kier molecular flexibility index (Phi) is 4.96. The van der Waals surface area contributed by atoms with Crippen LogP contribution in [0.15, 0.2) is 28.7 Å². The van der Waals surface area contributed by atoms with Crippen molar-refractivity contribution in [3.63, 3.8) is 0 Å². The molecule has 0 heterocycles. The Morgan fingerprint density at radius 2 is 2.06 bits per heavy atom. The van der Waals surface area contributed by atoms with Crippen LogP contribution in [0.3, 0.4) is 0 Å². The third-order valence-corrected chi connectivity index (χ3v) is 3.15. The number of hydrogen-bond donors (Lipinski definition) is 1. The molecule has 0 aliphatic rings. The topological polar surface area (TPSA) is 32.3 Å². The minimum Gasteiger partial charge on any atom is -0.348 e. The van der Waals surface area contributed by atoms with Crippen LogP contribution >= 0.6 is 15.9 Å². The van der Waals surface area contributed by atoms with E-state index in [1.54, 1.807) is 19.0 Å². The van der Waals surface area contributed by atoms with E-state index in [0.717, 1.165) is 10.0 Å². The molecule has 0 bridgehead atoms. The van der Waals surface area contributed by atoms with Crippen LogP contribution < -0.4 is 5.32 Å². The van der Waals surface area contributed by atoms with E-state index in [1.807, 2.05) is 31.2 Å². The van der Waals surface area contributed by atoms with Crippen LogP contribution in [0.2, 0.25) is 0 Å². The third-order valence-electron chi connectivity index (χ3n) is 2.43. The van der Waals surface area contributed by atoms with E-state index in [2.05, 4.69) is 21.2 Å². The number of halogens is 1. The van der Waals surface area contributed by atoms with Crippen LogP contribution in [0.5, 0.6) is 0 Å². The summed E-state index contributed by atoms with van der Waals surface area (Å²) in [5.41, 5.74) is 1.16. The highest BCUT2D eigenvalue weighted by Crippen LogP contribution is 2.22. The number of likely N-dealkylation sites (N-methyl/N-ethyl adjacent to an activating group) is 1. The van der Waals surface area contributed by atoms with Crippen LogP contribution in [-0.4, -0.2) is 31.4 Å². The molecule has 0 aliphatic carbocycles. The second kappa shape index (κ2) is 6.01. The van der Waals surface area contributed by atoms with Crippen molar-refractivity contribution in [1.82, 2.24) is 10.2 Å². The van der Waals surface area contributed by atoms with Gasteiger partial charge >= 0.3 is 0 Å². The molecule has 1 aromatic rings. The van der Waals surface area contributed by atoms with Gasteiger partial charge in [0.15, 0.2) is 0 Å². The molecule has 3 nitrogen and oxygen atoms in total. The Bertz CT molecular complexity index is 366. The fraction of sp³-hybridized carbons (Fsp3) is 0.417. The maximum atomic E-state index is 11.4. The van der Waals surface area contributed by atoms with E-state index in [-0.39, 0.29) is 11.9 Å². The minimum absolute atomic E-state index is 0.0823. The first kappa shape index (κ1) is 13.2. The molecule has 1 N–H and O–H groups in total. The molecule has 0 saturated carbocycles. The van der Waals surface area contributed by atoms with Crippen LogP contribution in [0, 0.1) is 0 Å². The van der Waals surface area contributed by atoms with Gasteiger partial charge in [-0.2, -0.15) is 0 Å². The number of carbonyl (C=O) groups is 1. The standard InChI is InChI=1S/C12H17BrN2O/c1-9(14-8-12(16)15(2)3)10-6-4-5-7-11(10)13/h4-7,9,14H,8H2,1-3H3/t9-/m0/s1. The molecule has 0 aromatic heterocycles. The summed E-state index contributed by atoms with van der Waals surface area (Å²) in [6.45, 7) is 2.40. The molecule has 0 saturated heterocycles. The van der Waals surface area contributed by atoms with Crippen molar-refractivity contribution >= 4 is 21.8 Å². The van der Waals surface area contributed by atoms with Gasteiger partial charge in [-0.05, 0) is 18.6 Å². The lowest BCUT2D eigenvalue weighted by atomic mass is 10.1. The summed E-state index contributed by atoms with van der Waals surface area (Å²) in [5.74, 6) is 0.0823. The lowest BCUT2D eigenvalue weighted by Crippen LogP contribution is -2.34. The van der Waals surface area contributed by atoms with Gasteiger partial charge in [0.25, 0.3) is 0 Å². The predicted molar refractivity (Wildman–Crippen MR) is 69.3 cm³/mol. The van der Waals surface area contributed by atoms with Crippen LogP contribution in [0.4, 0.5) is 0 Å². The molecule has 1 aromatic carbocycles. The Labute approximate surface area is 105 Å². The van der Waals surface area contributed by atoms with Crippen LogP contribution in [0.25, 0.3) is 0 Å². The number of amides is 1. The Balaban J connectivity index is 2.56. The summed E-state index contributed by atoms with van der Waals surface area (Å²) >= 11 is 3.50. The van der Waals surface area contributed by atoms with E-state index in [0.29, 0.717) is 6.54 Å².